The normalized spacial score (nSPS) is 10.3. The number of aromatic hydroxyl groups is 1. The fourth-order valence-corrected chi connectivity index (χ4v) is 2.01. The van der Waals surface area contributed by atoms with Crippen molar-refractivity contribution in [3.63, 3.8) is 0 Å². The molecule has 6 heteroatoms. The van der Waals surface area contributed by atoms with Crippen molar-refractivity contribution in [1.82, 2.24) is 0 Å². The van der Waals surface area contributed by atoms with E-state index in [1.807, 2.05) is 6.92 Å². The number of phenols is 1. The molecule has 0 bridgehead atoms. The van der Waals surface area contributed by atoms with E-state index in [9.17, 15) is 15.2 Å². The number of rotatable bonds is 4. The molecule has 0 unspecified atom stereocenters. The van der Waals surface area contributed by atoms with E-state index in [1.165, 1.54) is 12.1 Å². The summed E-state index contributed by atoms with van der Waals surface area (Å²) < 4.78 is 0. The highest BCUT2D eigenvalue weighted by Crippen LogP contribution is 2.27. The molecular formula is C14H13ClN2O3. The first-order chi connectivity index (χ1) is 9.47. The Morgan fingerprint density at radius 3 is 2.70 bits per heavy atom. The highest BCUT2D eigenvalue weighted by molar-refractivity contribution is 6.32. The van der Waals surface area contributed by atoms with Crippen LogP contribution >= 0.6 is 11.6 Å². The lowest BCUT2D eigenvalue weighted by atomic mass is 10.1. The van der Waals surface area contributed by atoms with Crippen molar-refractivity contribution in [2.24, 2.45) is 0 Å². The number of hydrogen-bond donors (Lipinski definition) is 2. The van der Waals surface area contributed by atoms with Gasteiger partial charge in [-0.3, -0.25) is 10.1 Å². The first-order valence-electron chi connectivity index (χ1n) is 5.93. The Hall–Kier alpha value is -2.27. The molecule has 2 aromatic rings. The van der Waals surface area contributed by atoms with Gasteiger partial charge in [0.25, 0.3) is 5.69 Å². The van der Waals surface area contributed by atoms with E-state index < -0.39 is 4.92 Å². The third-order valence-electron chi connectivity index (χ3n) is 2.84. The number of aryl methyl sites for hydroxylation is 1. The van der Waals surface area contributed by atoms with E-state index in [0.29, 0.717) is 12.2 Å². The van der Waals surface area contributed by atoms with Gasteiger partial charge < -0.3 is 10.4 Å². The fourth-order valence-electron chi connectivity index (χ4n) is 1.81. The molecule has 0 saturated heterocycles. The summed E-state index contributed by atoms with van der Waals surface area (Å²) in [6.45, 7) is 2.25. The Balaban J connectivity index is 2.20. The van der Waals surface area contributed by atoms with Gasteiger partial charge in [0.2, 0.25) is 0 Å². The molecule has 2 N–H and O–H groups in total. The van der Waals surface area contributed by atoms with E-state index in [4.69, 9.17) is 11.6 Å². The van der Waals surface area contributed by atoms with E-state index in [2.05, 4.69) is 5.32 Å². The maximum atomic E-state index is 11.0. The van der Waals surface area contributed by atoms with Crippen LogP contribution in [-0.4, -0.2) is 10.0 Å². The largest absolute Gasteiger partial charge is 0.506 e. The molecule has 5 nitrogen and oxygen atoms in total. The third-order valence-corrected chi connectivity index (χ3v) is 3.15. The van der Waals surface area contributed by atoms with Gasteiger partial charge in [0, 0.05) is 12.6 Å². The lowest BCUT2D eigenvalue weighted by Crippen LogP contribution is -2.03. The molecule has 0 amide bonds. The second-order valence-electron chi connectivity index (χ2n) is 4.42. The molecule has 0 aliphatic heterocycles. The van der Waals surface area contributed by atoms with Crippen LogP contribution in [0.2, 0.25) is 5.02 Å². The molecule has 104 valence electrons. The van der Waals surface area contributed by atoms with Crippen molar-refractivity contribution in [2.45, 2.75) is 13.5 Å². The summed E-state index contributed by atoms with van der Waals surface area (Å²) in [5, 5.41) is 23.6. The molecule has 0 fully saturated rings. The van der Waals surface area contributed by atoms with Crippen molar-refractivity contribution in [3.8, 4) is 5.75 Å². The minimum atomic E-state index is -0.425. The molecule has 0 aromatic heterocycles. The summed E-state index contributed by atoms with van der Waals surface area (Å²) in [6.07, 6.45) is 0. The molecular weight excluding hydrogens is 280 g/mol. The topological polar surface area (TPSA) is 75.4 Å². The molecule has 0 aliphatic rings. The van der Waals surface area contributed by atoms with Gasteiger partial charge in [-0.25, -0.2) is 0 Å². The van der Waals surface area contributed by atoms with Gasteiger partial charge in [-0.1, -0.05) is 23.7 Å². The quantitative estimate of drug-likeness (QED) is 0.662. The summed E-state index contributed by atoms with van der Waals surface area (Å²) in [6, 6.07) is 9.70. The first kappa shape index (κ1) is 14.1. The molecule has 20 heavy (non-hydrogen) atoms. The fraction of sp³-hybridized carbons (Fsp3) is 0.143. The van der Waals surface area contributed by atoms with Gasteiger partial charge in [0.15, 0.2) is 0 Å². The zero-order valence-electron chi connectivity index (χ0n) is 10.8. The highest BCUT2D eigenvalue weighted by atomic mass is 35.5. The van der Waals surface area contributed by atoms with Crippen molar-refractivity contribution in [3.05, 3.63) is 62.7 Å². The second-order valence-corrected chi connectivity index (χ2v) is 4.82. The number of phenolic OH excluding ortho intramolecular Hbond substituents is 1. The van der Waals surface area contributed by atoms with E-state index in [1.54, 1.807) is 24.3 Å². The zero-order valence-corrected chi connectivity index (χ0v) is 11.5. The van der Waals surface area contributed by atoms with Crippen LogP contribution in [0.4, 0.5) is 11.4 Å². The number of nitrogens with one attached hydrogen (secondary N) is 1. The first-order valence-corrected chi connectivity index (χ1v) is 6.31. The lowest BCUT2D eigenvalue weighted by molar-refractivity contribution is -0.384. The van der Waals surface area contributed by atoms with Gasteiger partial charge >= 0.3 is 0 Å². The van der Waals surface area contributed by atoms with E-state index in [0.717, 1.165) is 11.1 Å². The maximum absolute atomic E-state index is 11.0. The van der Waals surface area contributed by atoms with Gasteiger partial charge in [-0.05, 0) is 36.2 Å². The highest BCUT2D eigenvalue weighted by Gasteiger charge is 2.13. The molecule has 0 aliphatic carbocycles. The monoisotopic (exact) mass is 292 g/mol. The number of benzene rings is 2. The molecule has 0 heterocycles. The van der Waals surface area contributed by atoms with Gasteiger partial charge in [0.1, 0.15) is 11.4 Å². The summed E-state index contributed by atoms with van der Waals surface area (Å²) in [4.78, 5) is 10.5. The van der Waals surface area contributed by atoms with Crippen LogP contribution in [0.5, 0.6) is 5.75 Å². The minimum absolute atomic E-state index is 0.0111. The van der Waals surface area contributed by atoms with Crippen LogP contribution in [0.1, 0.15) is 11.1 Å². The Kier molecular flexibility index (Phi) is 4.10. The van der Waals surface area contributed by atoms with Crippen molar-refractivity contribution >= 4 is 23.0 Å². The lowest BCUT2D eigenvalue weighted by Gasteiger charge is -2.09. The van der Waals surface area contributed by atoms with Crippen LogP contribution in [0.3, 0.4) is 0 Å². The van der Waals surface area contributed by atoms with Crippen LogP contribution in [0, 0.1) is 17.0 Å². The molecule has 0 radical (unpaired) electrons. The maximum Gasteiger partial charge on any atom is 0.292 e. The number of halogens is 1. The van der Waals surface area contributed by atoms with Crippen molar-refractivity contribution in [1.29, 1.82) is 0 Å². The molecule has 2 aromatic carbocycles. The number of nitrogens with zero attached hydrogens (tertiary/aromatic N) is 1. The molecule has 0 atom stereocenters. The predicted octanol–water partition coefficient (Wildman–Crippen LogP) is 3.87. The average molecular weight is 293 g/mol. The summed E-state index contributed by atoms with van der Waals surface area (Å²) in [7, 11) is 0. The molecule has 0 saturated carbocycles. The van der Waals surface area contributed by atoms with Crippen LogP contribution in [0.15, 0.2) is 36.4 Å². The molecule has 2 rings (SSSR count). The number of nitro benzene ring substituents is 1. The Bertz CT molecular complexity index is 659. The smallest absolute Gasteiger partial charge is 0.292 e. The van der Waals surface area contributed by atoms with Crippen molar-refractivity contribution in [2.75, 3.05) is 5.32 Å². The van der Waals surface area contributed by atoms with Gasteiger partial charge in [0.05, 0.1) is 9.95 Å². The second kappa shape index (κ2) is 5.79. The SMILES string of the molecule is Cc1ccc([N+](=O)[O-])c(NCc2ccc(O)c(Cl)c2)c1. The van der Waals surface area contributed by atoms with Crippen LogP contribution < -0.4 is 5.32 Å². The standard InChI is InChI=1S/C14H13ClN2O3/c1-9-2-4-13(17(19)20)12(6-9)16-8-10-3-5-14(18)11(15)7-10/h2-7,16,18H,8H2,1H3. The summed E-state index contributed by atoms with van der Waals surface area (Å²) in [5.74, 6) is 0.0111. The van der Waals surface area contributed by atoms with Crippen LogP contribution in [0.25, 0.3) is 0 Å². The minimum Gasteiger partial charge on any atom is -0.506 e. The van der Waals surface area contributed by atoms with Crippen molar-refractivity contribution < 1.29 is 10.0 Å². The third kappa shape index (κ3) is 3.19. The Morgan fingerprint density at radius 1 is 1.30 bits per heavy atom. The van der Waals surface area contributed by atoms with Gasteiger partial charge in [-0.15, -0.1) is 0 Å². The Morgan fingerprint density at radius 2 is 2.05 bits per heavy atom. The molecule has 0 spiro atoms. The summed E-state index contributed by atoms with van der Waals surface area (Å²) >= 11 is 5.82. The number of anilines is 1. The van der Waals surface area contributed by atoms with E-state index in [-0.39, 0.29) is 16.5 Å². The number of hydrogen-bond acceptors (Lipinski definition) is 4. The van der Waals surface area contributed by atoms with Crippen LogP contribution in [-0.2, 0) is 6.54 Å². The predicted molar refractivity (Wildman–Crippen MR) is 78.3 cm³/mol. The van der Waals surface area contributed by atoms with E-state index >= 15 is 0 Å². The zero-order chi connectivity index (χ0) is 14.7. The average Bonchev–Trinajstić information content (AvgIpc) is 2.40. The number of nitro groups is 1. The summed E-state index contributed by atoms with van der Waals surface area (Å²) in [5.41, 5.74) is 2.24. The van der Waals surface area contributed by atoms with Gasteiger partial charge in [-0.2, -0.15) is 0 Å². The Labute approximate surface area is 121 Å².